The van der Waals surface area contributed by atoms with Crippen molar-refractivity contribution in [2.75, 3.05) is 44.1 Å². The molecule has 1 saturated heterocycles. The second-order valence-electron chi connectivity index (χ2n) is 7.50. The van der Waals surface area contributed by atoms with Crippen molar-refractivity contribution in [3.05, 3.63) is 42.1 Å². The molecule has 0 aliphatic carbocycles. The number of ether oxygens (including phenoxy) is 2. The number of piperidine rings is 1. The van der Waals surface area contributed by atoms with Gasteiger partial charge in [-0.1, -0.05) is 6.07 Å². The van der Waals surface area contributed by atoms with Crippen molar-refractivity contribution in [2.24, 2.45) is 16.6 Å². The summed E-state index contributed by atoms with van der Waals surface area (Å²) in [7, 11) is 3.34. The first kappa shape index (κ1) is 23.2. The monoisotopic (exact) mass is 440 g/mol. The first-order valence-corrected chi connectivity index (χ1v) is 10.8. The summed E-state index contributed by atoms with van der Waals surface area (Å²) in [6.45, 7) is 4.57. The summed E-state index contributed by atoms with van der Waals surface area (Å²) in [5.41, 5.74) is 7.35. The molecule has 0 spiro atoms. The number of pyridine rings is 1. The topological polar surface area (TPSA) is 114 Å². The third kappa shape index (κ3) is 5.81. The molecule has 0 unspecified atom stereocenters. The van der Waals surface area contributed by atoms with Crippen molar-refractivity contribution < 1.29 is 14.3 Å². The molecule has 4 N–H and O–H groups in total. The Hall–Kier alpha value is -3.49. The third-order valence-corrected chi connectivity index (χ3v) is 5.46. The molecule has 1 amide bonds. The van der Waals surface area contributed by atoms with Crippen molar-refractivity contribution >= 4 is 23.4 Å². The smallest absolute Gasteiger partial charge is 0.220 e. The standard InChI is InChI=1S/C23H32N6O3/c1-4-32-19-8-7-18(14-20(19)31-3)28-23(25-2)27-15-17-6-5-11-26-22(17)29-12-9-16(10-13-29)21(24)30/h5-8,11,14,16H,4,9-10,12-13,15H2,1-3H3,(H2,24,30)(H2,25,27,28). The van der Waals surface area contributed by atoms with E-state index in [1.807, 2.05) is 37.3 Å². The van der Waals surface area contributed by atoms with Gasteiger partial charge < -0.3 is 30.7 Å². The van der Waals surface area contributed by atoms with Gasteiger partial charge in [0, 0.05) is 56.1 Å². The average molecular weight is 441 g/mol. The van der Waals surface area contributed by atoms with Crippen molar-refractivity contribution in [3.63, 3.8) is 0 Å². The summed E-state index contributed by atoms with van der Waals surface area (Å²) in [4.78, 5) is 22.6. The number of aromatic nitrogens is 1. The minimum absolute atomic E-state index is 0.0503. The number of guanidine groups is 1. The number of nitrogens with one attached hydrogen (secondary N) is 2. The molecule has 2 aromatic rings. The van der Waals surface area contributed by atoms with E-state index in [1.54, 1.807) is 20.4 Å². The van der Waals surface area contributed by atoms with Gasteiger partial charge in [0.05, 0.1) is 13.7 Å². The van der Waals surface area contributed by atoms with E-state index >= 15 is 0 Å². The Balaban J connectivity index is 1.64. The molecule has 2 heterocycles. The van der Waals surface area contributed by atoms with E-state index in [9.17, 15) is 4.79 Å². The zero-order chi connectivity index (χ0) is 22.9. The molecule has 172 valence electrons. The zero-order valence-corrected chi connectivity index (χ0v) is 18.9. The number of rotatable bonds is 8. The van der Waals surface area contributed by atoms with Gasteiger partial charge in [-0.3, -0.25) is 9.79 Å². The maximum Gasteiger partial charge on any atom is 0.220 e. The Morgan fingerprint density at radius 1 is 1.28 bits per heavy atom. The molecule has 9 nitrogen and oxygen atoms in total. The van der Waals surface area contributed by atoms with Crippen LogP contribution in [0.4, 0.5) is 11.5 Å². The second kappa shape index (κ2) is 11.2. The molecule has 1 aliphatic heterocycles. The fourth-order valence-corrected chi connectivity index (χ4v) is 3.74. The highest BCUT2D eigenvalue weighted by Crippen LogP contribution is 2.30. The second-order valence-corrected chi connectivity index (χ2v) is 7.50. The highest BCUT2D eigenvalue weighted by Gasteiger charge is 2.25. The van der Waals surface area contributed by atoms with Crippen LogP contribution in [0.5, 0.6) is 11.5 Å². The van der Waals surface area contributed by atoms with Crippen LogP contribution in [-0.4, -0.2) is 50.7 Å². The number of nitrogens with two attached hydrogens (primary N) is 1. The number of carbonyl (C=O) groups is 1. The highest BCUT2D eigenvalue weighted by molar-refractivity contribution is 5.93. The minimum atomic E-state index is -0.214. The van der Waals surface area contributed by atoms with Crippen LogP contribution in [0.3, 0.4) is 0 Å². The minimum Gasteiger partial charge on any atom is -0.493 e. The maximum absolute atomic E-state index is 11.5. The van der Waals surface area contributed by atoms with E-state index in [-0.39, 0.29) is 11.8 Å². The summed E-state index contributed by atoms with van der Waals surface area (Å²) in [6, 6.07) is 9.62. The molecule has 32 heavy (non-hydrogen) atoms. The lowest BCUT2D eigenvalue weighted by atomic mass is 9.96. The van der Waals surface area contributed by atoms with Gasteiger partial charge in [0.25, 0.3) is 0 Å². The number of benzene rings is 1. The van der Waals surface area contributed by atoms with Crippen molar-refractivity contribution in [1.29, 1.82) is 0 Å². The molecule has 0 radical (unpaired) electrons. The Labute approximate surface area is 189 Å². The van der Waals surface area contributed by atoms with Crippen LogP contribution in [0, 0.1) is 5.92 Å². The number of hydrogen-bond acceptors (Lipinski definition) is 6. The van der Waals surface area contributed by atoms with Crippen LogP contribution in [0.15, 0.2) is 41.5 Å². The summed E-state index contributed by atoms with van der Waals surface area (Å²) < 4.78 is 11.0. The average Bonchev–Trinajstić information content (AvgIpc) is 2.83. The van der Waals surface area contributed by atoms with E-state index in [0.29, 0.717) is 30.6 Å². The number of primary amides is 1. The number of carbonyl (C=O) groups excluding carboxylic acids is 1. The molecule has 1 fully saturated rings. The number of aliphatic imine (C=N–C) groups is 1. The van der Waals surface area contributed by atoms with Gasteiger partial charge in [-0.15, -0.1) is 0 Å². The predicted molar refractivity (Wildman–Crippen MR) is 126 cm³/mol. The van der Waals surface area contributed by atoms with Crippen molar-refractivity contribution in [2.45, 2.75) is 26.3 Å². The lowest BCUT2D eigenvalue weighted by Crippen LogP contribution is -2.39. The van der Waals surface area contributed by atoms with Gasteiger partial charge in [0.15, 0.2) is 17.5 Å². The van der Waals surface area contributed by atoms with Gasteiger partial charge in [-0.25, -0.2) is 4.98 Å². The van der Waals surface area contributed by atoms with E-state index in [2.05, 4.69) is 25.5 Å². The Bertz CT molecular complexity index is 941. The SMILES string of the molecule is CCOc1ccc(NC(=NC)NCc2cccnc2N2CCC(C(N)=O)CC2)cc1OC. The summed E-state index contributed by atoms with van der Waals surface area (Å²) >= 11 is 0. The van der Waals surface area contributed by atoms with E-state index in [4.69, 9.17) is 15.2 Å². The van der Waals surface area contributed by atoms with Crippen LogP contribution < -0.4 is 30.7 Å². The van der Waals surface area contributed by atoms with E-state index in [0.717, 1.165) is 43.0 Å². The normalized spacial score (nSPS) is 14.7. The predicted octanol–water partition coefficient (Wildman–Crippen LogP) is 2.38. The van der Waals surface area contributed by atoms with Crippen LogP contribution in [0.1, 0.15) is 25.3 Å². The van der Waals surface area contributed by atoms with Gasteiger partial charge in [-0.05, 0) is 38.0 Å². The maximum atomic E-state index is 11.5. The Morgan fingerprint density at radius 3 is 2.72 bits per heavy atom. The van der Waals surface area contributed by atoms with Crippen LogP contribution in [0.2, 0.25) is 0 Å². The van der Waals surface area contributed by atoms with Crippen LogP contribution in [-0.2, 0) is 11.3 Å². The largest absolute Gasteiger partial charge is 0.493 e. The first-order valence-electron chi connectivity index (χ1n) is 10.8. The highest BCUT2D eigenvalue weighted by atomic mass is 16.5. The third-order valence-electron chi connectivity index (χ3n) is 5.46. The Morgan fingerprint density at radius 2 is 2.06 bits per heavy atom. The number of hydrogen-bond donors (Lipinski definition) is 3. The Kier molecular flexibility index (Phi) is 8.13. The molecule has 1 aromatic heterocycles. The summed E-state index contributed by atoms with van der Waals surface area (Å²) in [5, 5.41) is 6.62. The number of methoxy groups -OCH3 is 1. The lowest BCUT2D eigenvalue weighted by molar-refractivity contribution is -0.122. The molecule has 0 atom stereocenters. The number of nitrogens with zero attached hydrogens (tertiary/aromatic N) is 3. The van der Waals surface area contributed by atoms with Gasteiger partial charge in [0.2, 0.25) is 5.91 Å². The molecule has 0 saturated carbocycles. The quantitative estimate of drug-likeness (QED) is 0.426. The molecule has 0 bridgehead atoms. The summed E-state index contributed by atoms with van der Waals surface area (Å²) in [6.07, 6.45) is 3.29. The van der Waals surface area contributed by atoms with Crippen LogP contribution >= 0.6 is 0 Å². The van der Waals surface area contributed by atoms with Crippen molar-refractivity contribution in [3.8, 4) is 11.5 Å². The van der Waals surface area contributed by atoms with Gasteiger partial charge in [-0.2, -0.15) is 0 Å². The fraction of sp³-hybridized carbons (Fsp3) is 0.435. The summed E-state index contributed by atoms with van der Waals surface area (Å²) in [5.74, 6) is 2.63. The molecular formula is C23H32N6O3. The molecule has 9 heteroatoms. The number of amides is 1. The lowest BCUT2D eigenvalue weighted by Gasteiger charge is -2.32. The molecule has 1 aliphatic rings. The van der Waals surface area contributed by atoms with Gasteiger partial charge >= 0.3 is 0 Å². The molecular weight excluding hydrogens is 408 g/mol. The first-order chi connectivity index (χ1) is 15.5. The zero-order valence-electron chi connectivity index (χ0n) is 18.9. The van der Waals surface area contributed by atoms with Crippen molar-refractivity contribution in [1.82, 2.24) is 10.3 Å². The van der Waals surface area contributed by atoms with E-state index in [1.165, 1.54) is 0 Å². The van der Waals surface area contributed by atoms with Gasteiger partial charge in [0.1, 0.15) is 5.82 Å². The van der Waals surface area contributed by atoms with E-state index < -0.39 is 0 Å². The number of anilines is 2. The molecule has 3 rings (SSSR count). The van der Waals surface area contributed by atoms with Crippen LogP contribution in [0.25, 0.3) is 0 Å². The molecule has 1 aromatic carbocycles. The fourth-order valence-electron chi connectivity index (χ4n) is 3.74.